The summed E-state index contributed by atoms with van der Waals surface area (Å²) >= 11 is 6.09. The van der Waals surface area contributed by atoms with Crippen molar-refractivity contribution in [2.45, 2.75) is 26.3 Å². The summed E-state index contributed by atoms with van der Waals surface area (Å²) in [7, 11) is 0. The average Bonchev–Trinajstić information content (AvgIpc) is 2.61. The molecule has 1 aromatic carbocycles. The van der Waals surface area contributed by atoms with Crippen LogP contribution >= 0.6 is 11.6 Å². The van der Waals surface area contributed by atoms with E-state index in [1.54, 1.807) is 12.3 Å². The van der Waals surface area contributed by atoms with E-state index in [1.165, 1.54) is 0 Å². The van der Waals surface area contributed by atoms with Gasteiger partial charge in [0.15, 0.2) is 0 Å². The van der Waals surface area contributed by atoms with Crippen LogP contribution in [0.2, 0.25) is 5.02 Å². The highest BCUT2D eigenvalue weighted by Gasteiger charge is 2.19. The number of nitrogens with zero attached hydrogens (tertiary/aromatic N) is 3. The minimum Gasteiger partial charge on any atom is -0.368 e. The molecule has 0 unspecified atom stereocenters. The summed E-state index contributed by atoms with van der Waals surface area (Å²) in [6.45, 7) is 9.53. The van der Waals surface area contributed by atoms with Crippen LogP contribution in [0.15, 0.2) is 42.6 Å². The third-order valence-corrected chi connectivity index (χ3v) is 4.52. The molecular weight excluding hydrogens is 348 g/mol. The van der Waals surface area contributed by atoms with Crippen molar-refractivity contribution in [3.05, 3.63) is 53.3 Å². The SMILES string of the molecule is CC(C)(C)NC(=O)c1ccc(N2CCN(c3cccc(Cl)c3)CC2)cn1. The van der Waals surface area contributed by atoms with Crippen LogP contribution in [0.3, 0.4) is 0 Å². The highest BCUT2D eigenvalue weighted by atomic mass is 35.5. The summed E-state index contributed by atoms with van der Waals surface area (Å²) in [5, 5.41) is 3.69. The maximum Gasteiger partial charge on any atom is 0.270 e. The van der Waals surface area contributed by atoms with Gasteiger partial charge in [0, 0.05) is 42.4 Å². The first-order valence-corrected chi connectivity index (χ1v) is 9.24. The highest BCUT2D eigenvalue weighted by molar-refractivity contribution is 6.30. The Kier molecular flexibility index (Phi) is 5.37. The zero-order chi connectivity index (χ0) is 18.7. The molecule has 0 spiro atoms. The lowest BCUT2D eigenvalue weighted by molar-refractivity contribution is 0.0914. The fourth-order valence-corrected chi connectivity index (χ4v) is 3.19. The zero-order valence-electron chi connectivity index (χ0n) is 15.5. The van der Waals surface area contributed by atoms with Crippen molar-refractivity contribution in [3.63, 3.8) is 0 Å². The van der Waals surface area contributed by atoms with Crippen LogP contribution in [-0.2, 0) is 0 Å². The first-order chi connectivity index (χ1) is 12.3. The van der Waals surface area contributed by atoms with Gasteiger partial charge >= 0.3 is 0 Å². The zero-order valence-corrected chi connectivity index (χ0v) is 16.3. The number of carbonyl (C=O) groups is 1. The van der Waals surface area contributed by atoms with Gasteiger partial charge in [0.05, 0.1) is 11.9 Å². The second-order valence-electron chi connectivity index (χ2n) is 7.56. The predicted molar refractivity (Wildman–Crippen MR) is 107 cm³/mol. The molecule has 0 saturated carbocycles. The molecule has 1 N–H and O–H groups in total. The predicted octanol–water partition coefficient (Wildman–Crippen LogP) is 3.59. The number of pyridine rings is 1. The minimum absolute atomic E-state index is 0.144. The van der Waals surface area contributed by atoms with Crippen molar-refractivity contribution >= 4 is 28.9 Å². The standard InChI is InChI=1S/C20H25ClN4O/c1-20(2,3)23-19(26)18-8-7-17(14-22-18)25-11-9-24(10-12-25)16-6-4-5-15(21)13-16/h4-8,13-14H,9-12H2,1-3H3,(H,23,26). The van der Waals surface area contributed by atoms with Crippen LogP contribution in [0, 0.1) is 0 Å². The van der Waals surface area contributed by atoms with Gasteiger partial charge in [-0.25, -0.2) is 4.98 Å². The summed E-state index contributed by atoms with van der Waals surface area (Å²) in [5.41, 5.74) is 2.38. The summed E-state index contributed by atoms with van der Waals surface area (Å²) in [4.78, 5) is 21.1. The molecule has 1 aliphatic rings. The van der Waals surface area contributed by atoms with Gasteiger partial charge in [0.2, 0.25) is 0 Å². The molecule has 3 rings (SSSR count). The number of carbonyl (C=O) groups excluding carboxylic acids is 1. The van der Waals surface area contributed by atoms with E-state index in [2.05, 4.69) is 26.2 Å². The van der Waals surface area contributed by atoms with Gasteiger partial charge in [-0.15, -0.1) is 0 Å². The molecule has 2 heterocycles. The molecule has 1 saturated heterocycles. The number of hydrogen-bond donors (Lipinski definition) is 1. The molecule has 2 aromatic rings. The molecule has 5 nitrogen and oxygen atoms in total. The summed E-state index contributed by atoms with van der Waals surface area (Å²) in [5.74, 6) is -0.144. The van der Waals surface area contributed by atoms with Crippen LogP contribution in [-0.4, -0.2) is 42.6 Å². The van der Waals surface area contributed by atoms with Crippen molar-refractivity contribution in [2.75, 3.05) is 36.0 Å². The van der Waals surface area contributed by atoms with Gasteiger partial charge in [-0.2, -0.15) is 0 Å². The smallest absolute Gasteiger partial charge is 0.270 e. The maximum absolute atomic E-state index is 12.2. The largest absolute Gasteiger partial charge is 0.368 e. The molecular formula is C20H25ClN4O. The Labute approximate surface area is 160 Å². The Hall–Kier alpha value is -2.27. The van der Waals surface area contributed by atoms with E-state index in [0.29, 0.717) is 5.69 Å². The lowest BCUT2D eigenvalue weighted by Gasteiger charge is -2.37. The van der Waals surface area contributed by atoms with E-state index in [1.807, 2.05) is 45.0 Å². The topological polar surface area (TPSA) is 48.5 Å². The third-order valence-electron chi connectivity index (χ3n) is 4.29. The number of rotatable bonds is 3. The second-order valence-corrected chi connectivity index (χ2v) is 8.00. The maximum atomic E-state index is 12.2. The molecule has 1 aliphatic heterocycles. The Balaban J connectivity index is 1.60. The molecule has 0 bridgehead atoms. The number of benzene rings is 1. The van der Waals surface area contributed by atoms with Gasteiger partial charge < -0.3 is 15.1 Å². The monoisotopic (exact) mass is 372 g/mol. The van der Waals surface area contributed by atoms with Crippen molar-refractivity contribution in [1.29, 1.82) is 0 Å². The van der Waals surface area contributed by atoms with Gasteiger partial charge in [-0.1, -0.05) is 17.7 Å². The average molecular weight is 373 g/mol. The number of amides is 1. The summed E-state index contributed by atoms with van der Waals surface area (Å²) in [6.07, 6.45) is 1.78. The number of nitrogens with one attached hydrogen (secondary N) is 1. The van der Waals surface area contributed by atoms with Crippen LogP contribution in [0.4, 0.5) is 11.4 Å². The quantitative estimate of drug-likeness (QED) is 0.894. The fraction of sp³-hybridized carbons (Fsp3) is 0.400. The Morgan fingerprint density at radius 1 is 1.04 bits per heavy atom. The first kappa shape index (κ1) is 18.5. The van der Waals surface area contributed by atoms with E-state index in [0.717, 1.165) is 42.6 Å². The van der Waals surface area contributed by atoms with E-state index in [4.69, 9.17) is 11.6 Å². The number of anilines is 2. The first-order valence-electron chi connectivity index (χ1n) is 8.86. The lowest BCUT2D eigenvalue weighted by atomic mass is 10.1. The summed E-state index contributed by atoms with van der Waals surface area (Å²) in [6, 6.07) is 11.7. The van der Waals surface area contributed by atoms with E-state index in [-0.39, 0.29) is 11.4 Å². The number of halogens is 1. The van der Waals surface area contributed by atoms with Gasteiger partial charge in [0.25, 0.3) is 5.91 Å². The highest BCUT2D eigenvalue weighted by Crippen LogP contribution is 2.22. The van der Waals surface area contributed by atoms with E-state index >= 15 is 0 Å². The molecule has 26 heavy (non-hydrogen) atoms. The molecule has 1 aromatic heterocycles. The van der Waals surface area contributed by atoms with Crippen molar-refractivity contribution in [1.82, 2.24) is 10.3 Å². The van der Waals surface area contributed by atoms with Crippen LogP contribution in [0.1, 0.15) is 31.3 Å². The molecule has 6 heteroatoms. The van der Waals surface area contributed by atoms with Crippen molar-refractivity contribution in [3.8, 4) is 0 Å². The summed E-state index contributed by atoms with van der Waals surface area (Å²) < 4.78 is 0. The van der Waals surface area contributed by atoms with Gasteiger partial charge in [-0.3, -0.25) is 4.79 Å². The van der Waals surface area contributed by atoms with Gasteiger partial charge in [0.1, 0.15) is 5.69 Å². The van der Waals surface area contributed by atoms with Crippen LogP contribution in [0.5, 0.6) is 0 Å². The Morgan fingerprint density at radius 2 is 1.69 bits per heavy atom. The fourth-order valence-electron chi connectivity index (χ4n) is 3.01. The van der Waals surface area contributed by atoms with Crippen LogP contribution < -0.4 is 15.1 Å². The molecule has 138 valence electrons. The minimum atomic E-state index is -0.270. The molecule has 0 atom stereocenters. The third kappa shape index (κ3) is 4.67. The molecule has 0 radical (unpaired) electrons. The molecule has 1 amide bonds. The number of hydrogen-bond acceptors (Lipinski definition) is 4. The Morgan fingerprint density at radius 3 is 2.23 bits per heavy atom. The van der Waals surface area contributed by atoms with Crippen molar-refractivity contribution < 1.29 is 4.79 Å². The lowest BCUT2D eigenvalue weighted by Crippen LogP contribution is -2.46. The number of piperazine rings is 1. The molecule has 1 fully saturated rings. The normalized spacial score (nSPS) is 15.1. The Bertz CT molecular complexity index is 762. The number of aromatic nitrogens is 1. The van der Waals surface area contributed by atoms with Crippen LogP contribution in [0.25, 0.3) is 0 Å². The van der Waals surface area contributed by atoms with E-state index < -0.39 is 0 Å². The van der Waals surface area contributed by atoms with Crippen molar-refractivity contribution in [2.24, 2.45) is 0 Å². The van der Waals surface area contributed by atoms with Gasteiger partial charge in [-0.05, 0) is 51.1 Å². The molecule has 0 aliphatic carbocycles. The van der Waals surface area contributed by atoms with E-state index in [9.17, 15) is 4.79 Å². The second kappa shape index (κ2) is 7.54.